The maximum absolute atomic E-state index is 14.4. The van der Waals surface area contributed by atoms with Crippen LogP contribution in [0.3, 0.4) is 0 Å². The molecule has 2 nitrogen and oxygen atoms in total. The van der Waals surface area contributed by atoms with Crippen LogP contribution in [0.5, 0.6) is 0 Å². The van der Waals surface area contributed by atoms with E-state index in [1.165, 1.54) is 6.07 Å². The Bertz CT molecular complexity index is 688. The van der Waals surface area contributed by atoms with Gasteiger partial charge in [0.05, 0.1) is 6.04 Å². The molecule has 0 radical (unpaired) electrons. The lowest BCUT2D eigenvalue weighted by Crippen LogP contribution is -2.31. The topological polar surface area (TPSA) is 29.1 Å². The van der Waals surface area contributed by atoms with Crippen LogP contribution in [0.4, 0.5) is 4.39 Å². The molecule has 1 N–H and O–H groups in total. The molecular formula is C17H15BrFNO. The normalized spacial score (nSPS) is 24.9. The number of rotatable bonds is 2. The van der Waals surface area contributed by atoms with Gasteiger partial charge in [-0.1, -0.05) is 59.3 Å². The first kappa shape index (κ1) is 14.3. The van der Waals surface area contributed by atoms with Crippen molar-refractivity contribution >= 4 is 21.8 Å². The van der Waals surface area contributed by atoms with Crippen LogP contribution in [0.15, 0.2) is 53.0 Å². The van der Waals surface area contributed by atoms with Crippen LogP contribution in [-0.4, -0.2) is 5.91 Å². The maximum Gasteiger partial charge on any atom is 0.221 e. The fraction of sp³-hybridized carbons (Fsp3) is 0.235. The molecule has 1 amide bonds. The summed E-state index contributed by atoms with van der Waals surface area (Å²) in [5, 5.41) is 2.98. The number of nitrogens with one attached hydrogen (secondary N) is 1. The Labute approximate surface area is 131 Å². The van der Waals surface area contributed by atoms with Crippen LogP contribution in [-0.2, 0) is 10.2 Å². The number of carbonyl (C=O) groups excluding carboxylic acids is 1. The van der Waals surface area contributed by atoms with Crippen molar-refractivity contribution in [1.82, 2.24) is 5.32 Å². The first-order chi connectivity index (χ1) is 10.0. The van der Waals surface area contributed by atoms with Crippen LogP contribution < -0.4 is 5.32 Å². The van der Waals surface area contributed by atoms with E-state index in [0.29, 0.717) is 10.0 Å². The molecule has 1 heterocycles. The van der Waals surface area contributed by atoms with E-state index in [1.807, 2.05) is 43.3 Å². The minimum Gasteiger partial charge on any atom is -0.348 e. The highest BCUT2D eigenvalue weighted by Gasteiger charge is 2.46. The minimum atomic E-state index is -0.594. The Morgan fingerprint density at radius 1 is 1.24 bits per heavy atom. The van der Waals surface area contributed by atoms with Gasteiger partial charge in [-0.3, -0.25) is 4.79 Å². The van der Waals surface area contributed by atoms with Gasteiger partial charge in [0.25, 0.3) is 0 Å². The third-order valence-electron chi connectivity index (χ3n) is 4.15. The Morgan fingerprint density at radius 3 is 2.62 bits per heavy atom. The fourth-order valence-electron chi connectivity index (χ4n) is 3.11. The highest BCUT2D eigenvalue weighted by Crippen LogP contribution is 2.45. The molecular weight excluding hydrogens is 333 g/mol. The van der Waals surface area contributed by atoms with Gasteiger partial charge in [0.15, 0.2) is 0 Å². The van der Waals surface area contributed by atoms with Crippen molar-refractivity contribution in [3.05, 3.63) is 69.9 Å². The summed E-state index contributed by atoms with van der Waals surface area (Å²) in [7, 11) is 0. The van der Waals surface area contributed by atoms with Gasteiger partial charge >= 0.3 is 0 Å². The molecule has 2 aromatic rings. The quantitative estimate of drug-likeness (QED) is 0.870. The molecule has 0 saturated carbocycles. The number of halogens is 2. The molecule has 4 heteroatoms. The van der Waals surface area contributed by atoms with Gasteiger partial charge in [0.2, 0.25) is 5.91 Å². The highest BCUT2D eigenvalue weighted by molar-refractivity contribution is 9.10. The molecule has 1 aliphatic rings. The van der Waals surface area contributed by atoms with Crippen molar-refractivity contribution < 1.29 is 9.18 Å². The van der Waals surface area contributed by atoms with E-state index in [-0.39, 0.29) is 24.2 Å². The fourth-order valence-corrected chi connectivity index (χ4v) is 3.44. The molecule has 1 aliphatic heterocycles. The third-order valence-corrected chi connectivity index (χ3v) is 4.64. The lowest BCUT2D eigenvalue weighted by molar-refractivity contribution is -0.119. The van der Waals surface area contributed by atoms with E-state index in [0.717, 1.165) is 5.56 Å². The second-order valence-corrected chi connectivity index (χ2v) is 6.55. The SMILES string of the molecule is CC1(c2ccc(Br)cc2F)CC(=O)NC1c1ccccc1. The number of hydrogen-bond acceptors (Lipinski definition) is 1. The highest BCUT2D eigenvalue weighted by atomic mass is 79.9. The van der Waals surface area contributed by atoms with Crippen molar-refractivity contribution in [3.8, 4) is 0 Å². The number of amides is 1. The van der Waals surface area contributed by atoms with Crippen molar-refractivity contribution in [2.75, 3.05) is 0 Å². The summed E-state index contributed by atoms with van der Waals surface area (Å²) in [5.41, 5.74) is 0.967. The molecule has 3 rings (SSSR count). The van der Waals surface area contributed by atoms with Gasteiger partial charge in [-0.25, -0.2) is 4.39 Å². The van der Waals surface area contributed by atoms with Crippen molar-refractivity contribution in [2.24, 2.45) is 0 Å². The lowest BCUT2D eigenvalue weighted by atomic mass is 9.73. The number of benzene rings is 2. The lowest BCUT2D eigenvalue weighted by Gasteiger charge is -2.31. The maximum atomic E-state index is 14.4. The minimum absolute atomic E-state index is 0.0475. The van der Waals surface area contributed by atoms with Crippen LogP contribution in [0.1, 0.15) is 30.5 Å². The number of carbonyl (C=O) groups is 1. The summed E-state index contributed by atoms with van der Waals surface area (Å²) in [4.78, 5) is 12.0. The standard InChI is InChI=1S/C17H15BrFNO/c1-17(13-8-7-12(18)9-14(13)19)10-15(21)20-16(17)11-5-3-2-4-6-11/h2-9,16H,10H2,1H3,(H,20,21). The van der Waals surface area contributed by atoms with E-state index >= 15 is 0 Å². The average Bonchev–Trinajstić information content (AvgIpc) is 2.75. The monoisotopic (exact) mass is 347 g/mol. The van der Waals surface area contributed by atoms with Gasteiger partial charge in [0, 0.05) is 16.3 Å². The van der Waals surface area contributed by atoms with Crippen LogP contribution in [0.25, 0.3) is 0 Å². The van der Waals surface area contributed by atoms with Gasteiger partial charge in [-0.2, -0.15) is 0 Å². The first-order valence-electron chi connectivity index (χ1n) is 6.80. The molecule has 1 fully saturated rings. The Hall–Kier alpha value is -1.68. The smallest absolute Gasteiger partial charge is 0.221 e. The van der Waals surface area contributed by atoms with Gasteiger partial charge in [0.1, 0.15) is 5.82 Å². The molecule has 0 spiro atoms. The first-order valence-corrected chi connectivity index (χ1v) is 7.60. The predicted molar refractivity (Wildman–Crippen MR) is 83.4 cm³/mol. The molecule has 0 aliphatic carbocycles. The van der Waals surface area contributed by atoms with Crippen molar-refractivity contribution in [1.29, 1.82) is 0 Å². The molecule has 2 atom stereocenters. The van der Waals surface area contributed by atoms with E-state index in [9.17, 15) is 9.18 Å². The zero-order chi connectivity index (χ0) is 15.0. The van der Waals surface area contributed by atoms with E-state index < -0.39 is 5.41 Å². The molecule has 2 unspecified atom stereocenters. The average molecular weight is 348 g/mol. The van der Waals surface area contributed by atoms with Crippen molar-refractivity contribution in [3.63, 3.8) is 0 Å². The van der Waals surface area contributed by atoms with Crippen LogP contribution in [0, 0.1) is 5.82 Å². The molecule has 0 aromatic heterocycles. The zero-order valence-corrected chi connectivity index (χ0v) is 13.2. The summed E-state index contributed by atoms with van der Waals surface area (Å²) in [6.07, 6.45) is 0.283. The second kappa shape index (κ2) is 5.26. The zero-order valence-electron chi connectivity index (χ0n) is 11.6. The van der Waals surface area contributed by atoms with Crippen LogP contribution in [0.2, 0.25) is 0 Å². The van der Waals surface area contributed by atoms with Crippen molar-refractivity contribution in [2.45, 2.75) is 24.8 Å². The summed E-state index contributed by atoms with van der Waals surface area (Å²) in [6.45, 7) is 1.94. The second-order valence-electron chi connectivity index (χ2n) is 5.63. The van der Waals surface area contributed by atoms with E-state index in [4.69, 9.17) is 0 Å². The Kier molecular flexibility index (Phi) is 3.57. The Morgan fingerprint density at radius 2 is 1.95 bits per heavy atom. The van der Waals surface area contributed by atoms with E-state index in [1.54, 1.807) is 6.07 Å². The van der Waals surface area contributed by atoms with Gasteiger partial charge in [-0.05, 0) is 23.3 Å². The summed E-state index contributed by atoms with van der Waals surface area (Å²) < 4.78 is 15.1. The van der Waals surface area contributed by atoms with E-state index in [2.05, 4.69) is 21.2 Å². The molecule has 108 valence electrons. The van der Waals surface area contributed by atoms with Crippen LogP contribution >= 0.6 is 15.9 Å². The summed E-state index contributed by atoms with van der Waals surface area (Å²) in [6, 6.07) is 14.5. The summed E-state index contributed by atoms with van der Waals surface area (Å²) >= 11 is 3.27. The molecule has 21 heavy (non-hydrogen) atoms. The molecule has 1 saturated heterocycles. The van der Waals surface area contributed by atoms with Gasteiger partial charge < -0.3 is 5.32 Å². The number of hydrogen-bond donors (Lipinski definition) is 1. The largest absolute Gasteiger partial charge is 0.348 e. The Balaban J connectivity index is 2.10. The van der Waals surface area contributed by atoms with Gasteiger partial charge in [-0.15, -0.1) is 0 Å². The third kappa shape index (κ3) is 2.48. The summed E-state index contributed by atoms with van der Waals surface area (Å²) in [5.74, 6) is -0.335. The molecule has 0 bridgehead atoms. The molecule has 2 aromatic carbocycles. The predicted octanol–water partition coefficient (Wildman–Crippen LogP) is 4.11.